The van der Waals surface area contributed by atoms with Crippen molar-refractivity contribution in [2.24, 2.45) is 5.92 Å². The van der Waals surface area contributed by atoms with Crippen LogP contribution in [0.4, 0.5) is 5.69 Å². The molecule has 15 heavy (non-hydrogen) atoms. The van der Waals surface area contributed by atoms with E-state index >= 15 is 0 Å². The van der Waals surface area contributed by atoms with Gasteiger partial charge in [0.2, 0.25) is 5.91 Å². The van der Waals surface area contributed by atoms with Crippen LogP contribution >= 0.6 is 0 Å². The molecule has 0 radical (unpaired) electrons. The molecule has 0 fully saturated rings. The number of H-pyrrole nitrogens is 1. The molecule has 2 heterocycles. The number of anilines is 1. The first-order valence-electron chi connectivity index (χ1n) is 4.77. The van der Waals surface area contributed by atoms with Crippen LogP contribution in [0, 0.1) is 5.92 Å². The van der Waals surface area contributed by atoms with E-state index in [1.54, 1.807) is 12.5 Å². The van der Waals surface area contributed by atoms with E-state index in [-0.39, 0.29) is 11.8 Å². The lowest BCUT2D eigenvalue weighted by Crippen LogP contribution is -2.17. The number of imidazole rings is 1. The summed E-state index contributed by atoms with van der Waals surface area (Å²) in [5, 5.41) is 2.77. The summed E-state index contributed by atoms with van der Waals surface area (Å²) in [4.78, 5) is 22.5. The number of aromatic amines is 1. The first-order chi connectivity index (χ1) is 7.16. The third kappa shape index (κ3) is 1.96. The van der Waals surface area contributed by atoms with Crippen molar-refractivity contribution in [1.29, 1.82) is 0 Å². The summed E-state index contributed by atoms with van der Waals surface area (Å²) in [5.74, 6) is -0.0573. The van der Waals surface area contributed by atoms with E-state index in [1.165, 1.54) is 0 Å². The van der Waals surface area contributed by atoms with Gasteiger partial charge in [0, 0.05) is 5.92 Å². The molecule has 0 bridgehead atoms. The second-order valence-corrected chi connectivity index (χ2v) is 3.64. The fourth-order valence-corrected chi connectivity index (χ4v) is 1.18. The normalized spacial score (nSPS) is 10.9. The summed E-state index contributed by atoms with van der Waals surface area (Å²) < 4.78 is 0. The van der Waals surface area contributed by atoms with Crippen LogP contribution in [0.3, 0.4) is 0 Å². The highest BCUT2D eigenvalue weighted by atomic mass is 16.1. The molecule has 0 aromatic carbocycles. The van der Waals surface area contributed by atoms with Crippen molar-refractivity contribution in [3.05, 3.63) is 18.6 Å². The standard InChI is InChI=1S/C10H12N4O/c1-6(2)10(15)14-7-3-8-9(11-4-7)13-5-12-8/h3-6H,1-2H3,(H,14,15)(H,11,12,13). The molecule has 0 atom stereocenters. The minimum atomic E-state index is -0.0394. The first kappa shape index (κ1) is 9.64. The minimum Gasteiger partial charge on any atom is -0.343 e. The number of fused-ring (bicyclic) bond motifs is 1. The maximum atomic E-state index is 11.4. The number of hydrogen-bond acceptors (Lipinski definition) is 3. The van der Waals surface area contributed by atoms with E-state index in [0.717, 1.165) is 5.52 Å². The summed E-state index contributed by atoms with van der Waals surface area (Å²) in [6.07, 6.45) is 3.18. The third-order valence-electron chi connectivity index (χ3n) is 2.07. The van der Waals surface area contributed by atoms with Gasteiger partial charge in [0.25, 0.3) is 0 Å². The second-order valence-electron chi connectivity index (χ2n) is 3.64. The van der Waals surface area contributed by atoms with Crippen molar-refractivity contribution < 1.29 is 4.79 Å². The Labute approximate surface area is 86.9 Å². The van der Waals surface area contributed by atoms with Gasteiger partial charge in [-0.2, -0.15) is 0 Å². The van der Waals surface area contributed by atoms with Gasteiger partial charge in [0.1, 0.15) is 0 Å². The first-order valence-corrected chi connectivity index (χ1v) is 4.77. The molecule has 0 aliphatic heterocycles. The van der Waals surface area contributed by atoms with Crippen molar-refractivity contribution in [3.63, 3.8) is 0 Å². The Balaban J connectivity index is 2.25. The van der Waals surface area contributed by atoms with Crippen molar-refractivity contribution in [2.75, 3.05) is 5.32 Å². The molecule has 5 nitrogen and oxygen atoms in total. The van der Waals surface area contributed by atoms with E-state index in [4.69, 9.17) is 0 Å². The highest BCUT2D eigenvalue weighted by molar-refractivity contribution is 5.93. The van der Waals surface area contributed by atoms with Crippen molar-refractivity contribution in [2.45, 2.75) is 13.8 Å². The van der Waals surface area contributed by atoms with Crippen LogP contribution in [0.1, 0.15) is 13.8 Å². The molecule has 2 N–H and O–H groups in total. The van der Waals surface area contributed by atoms with Crippen molar-refractivity contribution in [1.82, 2.24) is 15.0 Å². The summed E-state index contributed by atoms with van der Waals surface area (Å²) in [6.45, 7) is 3.69. The molecular formula is C10H12N4O. The largest absolute Gasteiger partial charge is 0.343 e. The van der Waals surface area contributed by atoms with Gasteiger partial charge in [-0.3, -0.25) is 4.79 Å². The van der Waals surface area contributed by atoms with E-state index in [2.05, 4.69) is 20.3 Å². The topological polar surface area (TPSA) is 70.7 Å². The van der Waals surface area contributed by atoms with Gasteiger partial charge >= 0.3 is 0 Å². The Morgan fingerprint density at radius 1 is 1.47 bits per heavy atom. The molecule has 0 saturated carbocycles. The van der Waals surface area contributed by atoms with Gasteiger partial charge in [-0.15, -0.1) is 0 Å². The maximum Gasteiger partial charge on any atom is 0.226 e. The smallest absolute Gasteiger partial charge is 0.226 e. The van der Waals surface area contributed by atoms with Crippen LogP contribution in [0.2, 0.25) is 0 Å². The number of carbonyl (C=O) groups excluding carboxylic acids is 1. The lowest BCUT2D eigenvalue weighted by molar-refractivity contribution is -0.118. The summed E-state index contributed by atoms with van der Waals surface area (Å²) in [7, 11) is 0. The zero-order valence-electron chi connectivity index (χ0n) is 8.61. The van der Waals surface area contributed by atoms with Crippen LogP contribution in [-0.2, 0) is 4.79 Å². The zero-order chi connectivity index (χ0) is 10.8. The van der Waals surface area contributed by atoms with E-state index < -0.39 is 0 Å². The lowest BCUT2D eigenvalue weighted by Gasteiger charge is -2.06. The van der Waals surface area contributed by atoms with Gasteiger partial charge in [-0.1, -0.05) is 13.8 Å². The molecule has 0 unspecified atom stereocenters. The fourth-order valence-electron chi connectivity index (χ4n) is 1.18. The molecule has 0 spiro atoms. The number of pyridine rings is 1. The molecule has 5 heteroatoms. The Morgan fingerprint density at radius 3 is 3.00 bits per heavy atom. The van der Waals surface area contributed by atoms with Crippen molar-refractivity contribution >= 4 is 22.8 Å². The van der Waals surface area contributed by atoms with E-state index in [9.17, 15) is 4.79 Å². The molecule has 2 rings (SSSR count). The summed E-state index contributed by atoms with van der Waals surface area (Å²) >= 11 is 0. The van der Waals surface area contributed by atoms with Gasteiger partial charge in [-0.05, 0) is 6.07 Å². The van der Waals surface area contributed by atoms with E-state index in [0.29, 0.717) is 11.3 Å². The monoisotopic (exact) mass is 204 g/mol. The number of carbonyl (C=O) groups is 1. The number of hydrogen-bond donors (Lipinski definition) is 2. The molecule has 0 aliphatic rings. The highest BCUT2D eigenvalue weighted by Gasteiger charge is 2.07. The Morgan fingerprint density at radius 2 is 2.27 bits per heavy atom. The molecule has 0 aliphatic carbocycles. The second kappa shape index (κ2) is 3.68. The zero-order valence-corrected chi connectivity index (χ0v) is 8.61. The van der Waals surface area contributed by atoms with Crippen LogP contribution in [-0.4, -0.2) is 20.9 Å². The van der Waals surface area contributed by atoms with Gasteiger partial charge < -0.3 is 10.3 Å². The summed E-state index contributed by atoms with van der Waals surface area (Å²) in [6, 6.07) is 1.82. The lowest BCUT2D eigenvalue weighted by atomic mass is 10.2. The predicted molar refractivity (Wildman–Crippen MR) is 57.4 cm³/mol. The fraction of sp³-hybridized carbons (Fsp3) is 0.300. The minimum absolute atomic E-state index is 0.0179. The molecule has 2 aromatic heterocycles. The third-order valence-corrected chi connectivity index (χ3v) is 2.07. The van der Waals surface area contributed by atoms with Crippen LogP contribution in [0.25, 0.3) is 11.2 Å². The van der Waals surface area contributed by atoms with E-state index in [1.807, 2.05) is 19.9 Å². The van der Waals surface area contributed by atoms with Gasteiger partial charge in [0.15, 0.2) is 5.65 Å². The number of aromatic nitrogens is 3. The summed E-state index contributed by atoms with van der Waals surface area (Å²) in [5.41, 5.74) is 2.15. The van der Waals surface area contributed by atoms with Crippen LogP contribution in [0.15, 0.2) is 18.6 Å². The number of nitrogens with one attached hydrogen (secondary N) is 2. The van der Waals surface area contributed by atoms with Gasteiger partial charge in [-0.25, -0.2) is 9.97 Å². The van der Waals surface area contributed by atoms with Crippen molar-refractivity contribution in [3.8, 4) is 0 Å². The highest BCUT2D eigenvalue weighted by Crippen LogP contribution is 2.13. The Hall–Kier alpha value is -1.91. The average Bonchev–Trinajstić information content (AvgIpc) is 2.64. The quantitative estimate of drug-likeness (QED) is 0.779. The SMILES string of the molecule is CC(C)C(=O)Nc1cnc2nc[nH]c2c1. The number of rotatable bonds is 2. The predicted octanol–water partition coefficient (Wildman–Crippen LogP) is 1.55. The Bertz CT molecular complexity index is 489. The molecule has 0 saturated heterocycles. The Kier molecular flexibility index (Phi) is 2.37. The maximum absolute atomic E-state index is 11.4. The molecule has 78 valence electrons. The number of nitrogens with zero attached hydrogens (tertiary/aromatic N) is 2. The molecular weight excluding hydrogens is 192 g/mol. The average molecular weight is 204 g/mol. The number of amides is 1. The van der Waals surface area contributed by atoms with Crippen LogP contribution < -0.4 is 5.32 Å². The van der Waals surface area contributed by atoms with Gasteiger partial charge in [0.05, 0.1) is 23.7 Å². The van der Waals surface area contributed by atoms with Crippen LogP contribution in [0.5, 0.6) is 0 Å². The molecule has 1 amide bonds. The molecule has 2 aromatic rings.